The van der Waals surface area contributed by atoms with Crippen molar-refractivity contribution in [3.8, 4) is 0 Å². The molecule has 1 unspecified atom stereocenters. The molecule has 1 aromatic carbocycles. The third-order valence-electron chi connectivity index (χ3n) is 2.55. The van der Waals surface area contributed by atoms with Crippen LogP contribution in [-0.2, 0) is 4.74 Å². The van der Waals surface area contributed by atoms with Crippen LogP contribution in [0, 0.1) is 15.9 Å². The predicted molar refractivity (Wildman–Crippen MR) is 74.6 cm³/mol. The molecule has 0 saturated carbocycles. The van der Waals surface area contributed by atoms with Gasteiger partial charge in [-0.25, -0.2) is 4.39 Å². The molecule has 0 heterocycles. The summed E-state index contributed by atoms with van der Waals surface area (Å²) in [5.41, 5.74) is -0.685. The summed E-state index contributed by atoms with van der Waals surface area (Å²) >= 11 is 3.33. The summed E-state index contributed by atoms with van der Waals surface area (Å²) in [4.78, 5) is 23.5. The smallest absolute Gasteiger partial charge is 0.285 e. The molecule has 20 heavy (non-hydrogen) atoms. The number of hydrogen-bond acceptors (Lipinski definition) is 4. The van der Waals surface area contributed by atoms with Crippen LogP contribution in [0.25, 0.3) is 0 Å². The maximum atomic E-state index is 13.0. The van der Waals surface area contributed by atoms with E-state index in [4.69, 9.17) is 4.74 Å². The number of amides is 1. The van der Waals surface area contributed by atoms with Crippen LogP contribution in [-0.4, -0.2) is 47.9 Å². The molecule has 0 aliphatic rings. The SMILES string of the molecule is COCC(Br)CN(C)C(=O)c1ccc(F)cc1[N+](=O)[O-]. The summed E-state index contributed by atoms with van der Waals surface area (Å²) in [5, 5.41) is 10.9. The van der Waals surface area contributed by atoms with Gasteiger partial charge in [-0.15, -0.1) is 0 Å². The first kappa shape index (κ1) is 16.5. The number of carbonyl (C=O) groups excluding carboxylic acids is 1. The number of halogens is 2. The normalized spacial score (nSPS) is 12.0. The van der Waals surface area contributed by atoms with E-state index >= 15 is 0 Å². The molecule has 0 radical (unpaired) electrons. The van der Waals surface area contributed by atoms with Gasteiger partial charge in [0.15, 0.2) is 0 Å². The van der Waals surface area contributed by atoms with Crippen molar-refractivity contribution in [2.24, 2.45) is 0 Å². The van der Waals surface area contributed by atoms with E-state index in [9.17, 15) is 19.3 Å². The van der Waals surface area contributed by atoms with Gasteiger partial charge in [0.05, 0.1) is 22.4 Å². The van der Waals surface area contributed by atoms with Crippen LogP contribution in [0.3, 0.4) is 0 Å². The molecule has 1 amide bonds. The number of hydrogen-bond donors (Lipinski definition) is 0. The number of alkyl halides is 1. The molecular formula is C12H14BrFN2O4. The third kappa shape index (κ3) is 4.24. The van der Waals surface area contributed by atoms with E-state index < -0.39 is 22.3 Å². The second-order valence-corrected chi connectivity index (χ2v) is 5.45. The number of ether oxygens (including phenoxy) is 1. The van der Waals surface area contributed by atoms with E-state index in [2.05, 4.69) is 15.9 Å². The molecule has 0 spiro atoms. The molecule has 1 rings (SSSR count). The van der Waals surface area contributed by atoms with Crippen molar-refractivity contribution in [3.63, 3.8) is 0 Å². The Kier molecular flexibility index (Phi) is 6.03. The van der Waals surface area contributed by atoms with Crippen molar-refractivity contribution in [2.75, 3.05) is 27.3 Å². The topological polar surface area (TPSA) is 72.7 Å². The first-order chi connectivity index (χ1) is 9.36. The first-order valence-corrected chi connectivity index (χ1v) is 6.60. The summed E-state index contributed by atoms with van der Waals surface area (Å²) < 4.78 is 18.0. The first-order valence-electron chi connectivity index (χ1n) is 5.69. The van der Waals surface area contributed by atoms with E-state index in [0.29, 0.717) is 13.2 Å². The number of benzene rings is 1. The fourth-order valence-corrected chi connectivity index (χ4v) is 2.35. The van der Waals surface area contributed by atoms with Crippen LogP contribution in [0.1, 0.15) is 10.4 Å². The number of methoxy groups -OCH3 is 1. The zero-order valence-electron chi connectivity index (χ0n) is 11.0. The van der Waals surface area contributed by atoms with Gasteiger partial charge in [0.1, 0.15) is 11.4 Å². The molecule has 1 aromatic rings. The summed E-state index contributed by atoms with van der Waals surface area (Å²) in [6, 6.07) is 2.88. The van der Waals surface area contributed by atoms with Gasteiger partial charge in [0.2, 0.25) is 0 Å². The number of nitrogens with zero attached hydrogens (tertiary/aromatic N) is 2. The van der Waals surface area contributed by atoms with Gasteiger partial charge < -0.3 is 9.64 Å². The number of carbonyl (C=O) groups is 1. The van der Waals surface area contributed by atoms with Crippen LogP contribution in [0.5, 0.6) is 0 Å². The Morgan fingerprint density at radius 1 is 1.60 bits per heavy atom. The number of nitro groups is 1. The second-order valence-electron chi connectivity index (χ2n) is 4.16. The maximum absolute atomic E-state index is 13.0. The molecule has 6 nitrogen and oxygen atoms in total. The minimum Gasteiger partial charge on any atom is -0.383 e. The minimum absolute atomic E-state index is 0.0963. The van der Waals surface area contributed by atoms with Gasteiger partial charge in [0, 0.05) is 20.7 Å². The largest absolute Gasteiger partial charge is 0.383 e. The van der Waals surface area contributed by atoms with Crippen molar-refractivity contribution in [1.29, 1.82) is 0 Å². The molecular weight excluding hydrogens is 335 g/mol. The molecule has 0 aliphatic heterocycles. The number of rotatable bonds is 6. The Labute approximate surface area is 123 Å². The van der Waals surface area contributed by atoms with Crippen molar-refractivity contribution in [2.45, 2.75) is 4.83 Å². The summed E-state index contributed by atoms with van der Waals surface area (Å²) in [5.74, 6) is -1.30. The second kappa shape index (κ2) is 7.30. The van der Waals surface area contributed by atoms with Crippen molar-refractivity contribution in [1.82, 2.24) is 4.90 Å². The van der Waals surface area contributed by atoms with E-state index in [1.807, 2.05) is 0 Å². The lowest BCUT2D eigenvalue weighted by Crippen LogP contribution is -2.34. The highest BCUT2D eigenvalue weighted by atomic mass is 79.9. The van der Waals surface area contributed by atoms with Gasteiger partial charge in [-0.2, -0.15) is 0 Å². The monoisotopic (exact) mass is 348 g/mol. The quantitative estimate of drug-likeness (QED) is 0.449. The van der Waals surface area contributed by atoms with Gasteiger partial charge in [-0.1, -0.05) is 15.9 Å². The summed E-state index contributed by atoms with van der Waals surface area (Å²) in [6.07, 6.45) is 0. The Morgan fingerprint density at radius 3 is 2.80 bits per heavy atom. The van der Waals surface area contributed by atoms with E-state index in [0.717, 1.165) is 18.2 Å². The average molecular weight is 349 g/mol. The highest BCUT2D eigenvalue weighted by Crippen LogP contribution is 2.21. The fourth-order valence-electron chi connectivity index (χ4n) is 1.66. The van der Waals surface area contributed by atoms with Crippen LogP contribution in [0.2, 0.25) is 0 Å². The molecule has 110 valence electrons. The molecule has 0 fully saturated rings. The molecule has 0 bridgehead atoms. The van der Waals surface area contributed by atoms with Crippen LogP contribution in [0.4, 0.5) is 10.1 Å². The Bertz CT molecular complexity index is 512. The Balaban J connectivity index is 2.94. The molecule has 1 atom stereocenters. The van der Waals surface area contributed by atoms with Crippen molar-refractivity contribution < 1.29 is 18.8 Å². The standard InChI is InChI=1S/C12H14BrFN2O4/c1-15(6-8(13)7-20-2)12(17)10-4-3-9(14)5-11(10)16(18)19/h3-5,8H,6-7H2,1-2H3. The van der Waals surface area contributed by atoms with Crippen LogP contribution < -0.4 is 0 Å². The predicted octanol–water partition coefficient (Wildman–Crippen LogP) is 2.22. The summed E-state index contributed by atoms with van der Waals surface area (Å²) in [6.45, 7) is 0.699. The highest BCUT2D eigenvalue weighted by Gasteiger charge is 2.24. The van der Waals surface area contributed by atoms with Gasteiger partial charge in [0.25, 0.3) is 11.6 Å². The average Bonchev–Trinajstić information content (AvgIpc) is 2.37. The minimum atomic E-state index is -0.773. The number of nitro benzene ring substituents is 1. The zero-order chi connectivity index (χ0) is 15.3. The molecule has 8 heteroatoms. The summed E-state index contributed by atoms with van der Waals surface area (Å²) in [7, 11) is 3.04. The van der Waals surface area contributed by atoms with Crippen LogP contribution >= 0.6 is 15.9 Å². The lowest BCUT2D eigenvalue weighted by atomic mass is 10.1. The Morgan fingerprint density at radius 2 is 2.25 bits per heavy atom. The maximum Gasteiger partial charge on any atom is 0.285 e. The molecule has 0 saturated heterocycles. The van der Waals surface area contributed by atoms with Gasteiger partial charge in [-0.05, 0) is 12.1 Å². The lowest BCUT2D eigenvalue weighted by molar-refractivity contribution is -0.385. The third-order valence-corrected chi connectivity index (χ3v) is 3.11. The van der Waals surface area contributed by atoms with Gasteiger partial charge >= 0.3 is 0 Å². The highest BCUT2D eigenvalue weighted by molar-refractivity contribution is 9.09. The molecule has 0 N–H and O–H groups in total. The lowest BCUT2D eigenvalue weighted by Gasteiger charge is -2.20. The van der Waals surface area contributed by atoms with E-state index in [-0.39, 0.29) is 10.4 Å². The van der Waals surface area contributed by atoms with Gasteiger partial charge in [-0.3, -0.25) is 14.9 Å². The zero-order valence-corrected chi connectivity index (χ0v) is 12.6. The molecule has 0 aromatic heterocycles. The molecule has 0 aliphatic carbocycles. The Hall–Kier alpha value is -1.54. The van der Waals surface area contributed by atoms with Crippen molar-refractivity contribution >= 4 is 27.5 Å². The van der Waals surface area contributed by atoms with E-state index in [1.54, 1.807) is 0 Å². The van der Waals surface area contributed by atoms with Crippen LogP contribution in [0.15, 0.2) is 18.2 Å². The fraction of sp³-hybridized carbons (Fsp3) is 0.417. The van der Waals surface area contributed by atoms with Crippen molar-refractivity contribution in [3.05, 3.63) is 39.7 Å². The van der Waals surface area contributed by atoms with E-state index in [1.165, 1.54) is 19.1 Å².